The number of carbonyl (C=O) groups excluding carboxylic acids is 3. The number of anilines is 1. The van der Waals surface area contributed by atoms with E-state index in [0.717, 1.165) is 30.7 Å². The third kappa shape index (κ3) is 27.3. The Balaban J connectivity index is -0.000000261. The molecule has 0 saturated heterocycles. The number of hydrogen-bond acceptors (Lipinski definition) is 17. The van der Waals surface area contributed by atoms with Crippen LogP contribution in [-0.4, -0.2) is 76.5 Å². The van der Waals surface area contributed by atoms with Gasteiger partial charge in [0.05, 0.1) is 14.8 Å². The summed E-state index contributed by atoms with van der Waals surface area (Å²) in [6, 6.07) is 18.4. The molecule has 20 nitrogen and oxygen atoms in total. The van der Waals surface area contributed by atoms with Gasteiger partial charge in [-0.3, -0.25) is 35.3 Å². The van der Waals surface area contributed by atoms with Crippen molar-refractivity contribution in [3.05, 3.63) is 128 Å². The second kappa shape index (κ2) is 34.3. The van der Waals surface area contributed by atoms with Crippen LogP contribution in [0.3, 0.4) is 0 Å². The predicted octanol–water partition coefficient (Wildman–Crippen LogP) is 10.3. The van der Waals surface area contributed by atoms with E-state index in [1.165, 1.54) is 54.2 Å². The first-order valence-electron chi connectivity index (χ1n) is 15.1. The van der Waals surface area contributed by atoms with Crippen molar-refractivity contribution in [2.24, 2.45) is 0 Å². The third-order valence-corrected chi connectivity index (χ3v) is 5.75. The molecule has 0 fully saturated rings. The Morgan fingerprint density at radius 1 is 0.610 bits per heavy atom. The van der Waals surface area contributed by atoms with Crippen LogP contribution in [0.1, 0.15) is 50.5 Å². The summed E-state index contributed by atoms with van der Waals surface area (Å²) in [5, 5.41) is 39.1. The largest absolute Gasteiger partial charge is 0.513 e. The fourth-order valence-corrected chi connectivity index (χ4v) is 3.23. The minimum absolute atomic E-state index is 0. The first-order valence-corrected chi connectivity index (χ1v) is 15.5. The Labute approximate surface area is 348 Å². The SMILES string of the molecule is C.C.C.C.C.CCCO.CN(C)c1ccncc1.O=C(Cl)Oc1ccc([N+](=O)[O-])cc1.O=C(OCCOC(=O)Oc1ccc([N+](=O)[O-])cc1)Oc1ccc([N+](=O)[O-])cc1. The molecule has 0 bridgehead atoms. The fraction of sp³-hybridized carbons (Fsp3) is 0.316. The van der Waals surface area contributed by atoms with Crippen LogP contribution in [0.2, 0.25) is 0 Å². The average molecular weight is 856 g/mol. The highest BCUT2D eigenvalue weighted by atomic mass is 35.5. The van der Waals surface area contributed by atoms with E-state index in [-0.39, 0.29) is 84.7 Å². The van der Waals surface area contributed by atoms with E-state index in [0.29, 0.717) is 6.61 Å². The van der Waals surface area contributed by atoms with Crippen molar-refractivity contribution in [2.45, 2.75) is 50.5 Å². The quantitative estimate of drug-likeness (QED) is 0.0367. The molecule has 4 rings (SSSR count). The lowest BCUT2D eigenvalue weighted by Crippen LogP contribution is -2.18. The van der Waals surface area contributed by atoms with E-state index in [4.69, 9.17) is 26.2 Å². The van der Waals surface area contributed by atoms with E-state index in [1.807, 2.05) is 38.1 Å². The zero-order valence-corrected chi connectivity index (χ0v) is 29.6. The minimum Gasteiger partial charge on any atom is -0.430 e. The Hall–Kier alpha value is -6.93. The summed E-state index contributed by atoms with van der Waals surface area (Å²) in [6.45, 7) is 1.59. The van der Waals surface area contributed by atoms with Gasteiger partial charge in [0.2, 0.25) is 0 Å². The molecule has 0 atom stereocenters. The van der Waals surface area contributed by atoms with Crippen molar-refractivity contribution < 1.29 is 57.9 Å². The zero-order chi connectivity index (χ0) is 40.5. The van der Waals surface area contributed by atoms with Gasteiger partial charge in [-0.1, -0.05) is 44.1 Å². The van der Waals surface area contributed by atoms with Crippen molar-refractivity contribution in [2.75, 3.05) is 38.8 Å². The number of nitro groups is 3. The monoisotopic (exact) mass is 855 g/mol. The standard InChI is InChI=1S/C16H12N2O10.C7H4ClNO4.C7H10N2.C3H8O.5CH4/c19-15(27-13-5-1-11(2-6-13)17(21)22)25-9-10-26-16(20)28-14-7-3-12(4-8-14)18(23)24;8-7(10)13-6-3-1-5(2-4-6)9(11)12;1-9(2)7-3-5-8-6-4-7;1-2-3-4;;;;;/h1-8H,9-10H2;1-4H;3-6H,1-2H3;4H,2-3H2,1H3;5*1H4. The van der Waals surface area contributed by atoms with Crippen LogP contribution < -0.4 is 19.1 Å². The van der Waals surface area contributed by atoms with Gasteiger partial charge in [-0.25, -0.2) is 14.4 Å². The van der Waals surface area contributed by atoms with E-state index < -0.39 is 32.5 Å². The Morgan fingerprint density at radius 3 is 1.12 bits per heavy atom. The number of aliphatic hydroxyl groups is 1. The van der Waals surface area contributed by atoms with E-state index in [2.05, 4.69) is 19.2 Å². The molecule has 0 unspecified atom stereocenters. The van der Waals surface area contributed by atoms with Gasteiger partial charge in [-0.05, 0) is 55.0 Å². The van der Waals surface area contributed by atoms with Crippen LogP contribution in [0, 0.1) is 30.3 Å². The summed E-state index contributed by atoms with van der Waals surface area (Å²) in [7, 11) is 4.02. The van der Waals surface area contributed by atoms with Crippen LogP contribution in [0.15, 0.2) is 97.3 Å². The summed E-state index contributed by atoms with van der Waals surface area (Å²) in [5.41, 5.74) is -0.200. The second-order valence-electron chi connectivity index (χ2n) is 9.82. The van der Waals surface area contributed by atoms with Crippen LogP contribution in [0.25, 0.3) is 0 Å². The molecule has 3 aromatic carbocycles. The van der Waals surface area contributed by atoms with Gasteiger partial charge in [-0.15, -0.1) is 0 Å². The van der Waals surface area contributed by atoms with Crippen LogP contribution in [0.5, 0.6) is 17.2 Å². The summed E-state index contributed by atoms with van der Waals surface area (Å²) in [4.78, 5) is 68.6. The Kier molecular flexibility index (Phi) is 35.7. The molecule has 0 spiro atoms. The molecule has 4 aromatic rings. The minimum atomic E-state index is -1.10. The highest BCUT2D eigenvalue weighted by Gasteiger charge is 2.12. The summed E-state index contributed by atoms with van der Waals surface area (Å²) in [6.07, 6.45) is 2.26. The number of hydrogen-bond donors (Lipinski definition) is 1. The highest BCUT2D eigenvalue weighted by Crippen LogP contribution is 2.20. The van der Waals surface area contributed by atoms with Gasteiger partial charge < -0.3 is 33.7 Å². The molecule has 0 amide bonds. The number of nitro benzene ring substituents is 3. The topological polar surface area (TPSA) is 263 Å². The van der Waals surface area contributed by atoms with Crippen LogP contribution in [-0.2, 0) is 9.47 Å². The molecule has 0 saturated carbocycles. The number of ether oxygens (including phenoxy) is 5. The molecular formula is C38H54ClN5O15. The lowest BCUT2D eigenvalue weighted by molar-refractivity contribution is -0.385. The number of carbonyl (C=O) groups is 3. The third-order valence-electron chi connectivity index (χ3n) is 5.67. The molecule has 1 N–H and O–H groups in total. The summed E-state index contributed by atoms with van der Waals surface area (Å²) in [5.74, 6) is 0.244. The molecule has 21 heteroatoms. The lowest BCUT2D eigenvalue weighted by Gasteiger charge is -2.10. The van der Waals surface area contributed by atoms with Crippen molar-refractivity contribution in [3.8, 4) is 17.2 Å². The van der Waals surface area contributed by atoms with Crippen molar-refractivity contribution in [1.82, 2.24) is 4.98 Å². The molecule has 0 aliphatic rings. The molecule has 0 aliphatic carbocycles. The van der Waals surface area contributed by atoms with Gasteiger partial charge >= 0.3 is 17.7 Å². The lowest BCUT2D eigenvalue weighted by atomic mass is 10.3. The number of aliphatic hydroxyl groups excluding tert-OH is 1. The maximum absolute atomic E-state index is 11.4. The fourth-order valence-electron chi connectivity index (χ4n) is 3.14. The van der Waals surface area contributed by atoms with Gasteiger partial charge in [0.1, 0.15) is 30.5 Å². The van der Waals surface area contributed by atoms with Crippen molar-refractivity contribution in [3.63, 3.8) is 0 Å². The molecule has 59 heavy (non-hydrogen) atoms. The molecule has 0 aliphatic heterocycles. The van der Waals surface area contributed by atoms with Gasteiger partial charge in [0.25, 0.3) is 17.1 Å². The molecule has 1 heterocycles. The predicted molar refractivity (Wildman–Crippen MR) is 225 cm³/mol. The van der Waals surface area contributed by atoms with Gasteiger partial charge in [0, 0.05) is 86.8 Å². The Morgan fingerprint density at radius 2 is 0.898 bits per heavy atom. The van der Waals surface area contributed by atoms with Crippen molar-refractivity contribution >= 4 is 52.1 Å². The number of non-ortho nitro benzene ring substituents is 3. The number of halogens is 1. The highest BCUT2D eigenvalue weighted by molar-refractivity contribution is 6.61. The van der Waals surface area contributed by atoms with Crippen LogP contribution >= 0.6 is 11.6 Å². The normalized spacial score (nSPS) is 8.63. The molecule has 1 aromatic heterocycles. The second-order valence-corrected chi connectivity index (χ2v) is 10.1. The molecule has 328 valence electrons. The van der Waals surface area contributed by atoms with E-state index in [1.54, 1.807) is 12.4 Å². The smallest absolute Gasteiger partial charge is 0.430 e. The van der Waals surface area contributed by atoms with E-state index in [9.17, 15) is 44.7 Å². The maximum atomic E-state index is 11.4. The first-order chi connectivity index (χ1) is 25.7. The van der Waals surface area contributed by atoms with Gasteiger partial charge in [-0.2, -0.15) is 0 Å². The number of pyridine rings is 1. The number of aromatic nitrogens is 1. The number of nitrogens with zero attached hydrogens (tertiary/aromatic N) is 5. The number of benzene rings is 3. The number of rotatable bonds is 11. The zero-order valence-electron chi connectivity index (χ0n) is 28.8. The molecular weight excluding hydrogens is 802 g/mol. The Bertz CT molecular complexity index is 1710. The van der Waals surface area contributed by atoms with Gasteiger partial charge in [0.15, 0.2) is 0 Å². The average Bonchev–Trinajstić information content (AvgIpc) is 3.15. The van der Waals surface area contributed by atoms with Crippen LogP contribution in [0.4, 0.5) is 37.1 Å². The van der Waals surface area contributed by atoms with E-state index >= 15 is 0 Å². The first kappa shape index (κ1) is 61.3. The maximum Gasteiger partial charge on any atom is 0.513 e. The van der Waals surface area contributed by atoms with Crippen molar-refractivity contribution in [1.29, 1.82) is 0 Å². The summed E-state index contributed by atoms with van der Waals surface area (Å²) < 4.78 is 23.3. The summed E-state index contributed by atoms with van der Waals surface area (Å²) >= 11 is 4.92. The molecule has 0 radical (unpaired) electrons.